The number of aliphatic hydroxyl groups excluding tert-OH is 1. The minimum absolute atomic E-state index is 0.317. The van der Waals surface area contributed by atoms with E-state index in [1.807, 2.05) is 0 Å². The Hall–Kier alpha value is -1.14. The van der Waals surface area contributed by atoms with Crippen molar-refractivity contribution < 1.29 is 20.5 Å². The smallest absolute Gasteiger partial charge is 0.178 e. The molecular formula is C7H9NO4. The molecule has 0 spiro atoms. The molecular weight excluding hydrogens is 162 g/mol. The van der Waals surface area contributed by atoms with E-state index in [-0.39, 0.29) is 0 Å². The second-order valence-corrected chi connectivity index (χ2v) is 2.19. The maximum Gasteiger partial charge on any atom is 0.178 e. The molecule has 0 radical (unpaired) electrons. The average molecular weight is 171 g/mol. The first-order chi connectivity index (χ1) is 5.74. The first kappa shape index (κ1) is 8.95. The van der Waals surface area contributed by atoms with Crippen LogP contribution in [0.2, 0.25) is 0 Å². The fourth-order valence-electron chi connectivity index (χ4n) is 0.815. The summed E-state index contributed by atoms with van der Waals surface area (Å²) in [6.07, 6.45) is -1.52. The van der Waals surface area contributed by atoms with Crippen molar-refractivity contribution >= 4 is 5.69 Å². The van der Waals surface area contributed by atoms with Crippen LogP contribution < -0.4 is 5.48 Å². The lowest BCUT2D eigenvalue weighted by atomic mass is 10.2. The summed E-state index contributed by atoms with van der Waals surface area (Å²) in [6, 6.07) is 6.16. The summed E-state index contributed by atoms with van der Waals surface area (Å²) in [5, 5.41) is 25.5. The molecule has 0 bridgehead atoms. The van der Waals surface area contributed by atoms with E-state index in [1.165, 1.54) is 12.1 Å². The van der Waals surface area contributed by atoms with Crippen LogP contribution in [0, 0.1) is 0 Å². The Balaban J connectivity index is 2.81. The highest BCUT2D eigenvalue weighted by molar-refractivity contribution is 5.43. The summed E-state index contributed by atoms with van der Waals surface area (Å²) in [6.45, 7) is 0. The van der Waals surface area contributed by atoms with Crippen molar-refractivity contribution in [3.8, 4) is 0 Å². The third-order valence-electron chi connectivity index (χ3n) is 1.35. The molecule has 0 fully saturated rings. The van der Waals surface area contributed by atoms with Crippen LogP contribution in [0.25, 0.3) is 0 Å². The van der Waals surface area contributed by atoms with Crippen molar-refractivity contribution in [2.75, 3.05) is 5.48 Å². The number of rotatable bonds is 3. The van der Waals surface area contributed by atoms with Crippen molar-refractivity contribution in [2.45, 2.75) is 6.29 Å². The van der Waals surface area contributed by atoms with Crippen LogP contribution in [-0.4, -0.2) is 15.5 Å². The molecule has 5 nitrogen and oxygen atoms in total. The lowest BCUT2D eigenvalue weighted by molar-refractivity contribution is -0.215. The molecule has 0 aliphatic rings. The van der Waals surface area contributed by atoms with E-state index in [0.717, 1.165) is 0 Å². The van der Waals surface area contributed by atoms with E-state index in [0.29, 0.717) is 11.3 Å². The third kappa shape index (κ3) is 2.18. The maximum atomic E-state index is 8.74. The van der Waals surface area contributed by atoms with Crippen molar-refractivity contribution in [3.05, 3.63) is 29.8 Å². The van der Waals surface area contributed by atoms with Crippen LogP contribution in [0.5, 0.6) is 0 Å². The molecule has 0 unspecified atom stereocenters. The second-order valence-electron chi connectivity index (χ2n) is 2.19. The van der Waals surface area contributed by atoms with Crippen molar-refractivity contribution in [2.24, 2.45) is 0 Å². The van der Waals surface area contributed by atoms with Gasteiger partial charge in [0, 0.05) is 5.56 Å². The van der Waals surface area contributed by atoms with Crippen molar-refractivity contribution in [1.29, 1.82) is 0 Å². The van der Waals surface area contributed by atoms with E-state index >= 15 is 0 Å². The second kappa shape index (κ2) is 4.03. The van der Waals surface area contributed by atoms with Gasteiger partial charge in [-0.05, 0) is 12.1 Å². The zero-order valence-corrected chi connectivity index (χ0v) is 6.14. The molecule has 0 aliphatic heterocycles. The minimum atomic E-state index is -1.52. The van der Waals surface area contributed by atoms with Gasteiger partial charge >= 0.3 is 0 Å². The van der Waals surface area contributed by atoms with E-state index in [4.69, 9.17) is 15.5 Å². The standard InChI is InChI=1S/C7H9NO4/c9-7(10)5-2-1-3-6(4-5)8-12-11/h1-4,7-11H. The van der Waals surface area contributed by atoms with Gasteiger partial charge < -0.3 is 10.2 Å². The van der Waals surface area contributed by atoms with Crippen LogP contribution in [0.4, 0.5) is 5.69 Å². The largest absolute Gasteiger partial charge is 0.364 e. The number of anilines is 1. The van der Waals surface area contributed by atoms with Gasteiger partial charge in [0.05, 0.1) is 5.69 Å². The Kier molecular flexibility index (Phi) is 3.01. The fraction of sp³-hybridized carbons (Fsp3) is 0.143. The summed E-state index contributed by atoms with van der Waals surface area (Å²) in [4.78, 5) is 3.65. The SMILES string of the molecule is OONc1cccc(C(O)O)c1. The van der Waals surface area contributed by atoms with Crippen LogP contribution >= 0.6 is 0 Å². The Bertz CT molecular complexity index is 251. The molecule has 5 heteroatoms. The molecule has 0 atom stereocenters. The quantitative estimate of drug-likeness (QED) is 0.302. The Morgan fingerprint density at radius 1 is 1.33 bits per heavy atom. The molecule has 1 aromatic rings. The minimum Gasteiger partial charge on any atom is -0.364 e. The molecule has 1 aromatic carbocycles. The monoisotopic (exact) mass is 171 g/mol. The van der Waals surface area contributed by atoms with E-state index in [9.17, 15) is 0 Å². The maximum absolute atomic E-state index is 8.74. The number of hydrogen-bond acceptors (Lipinski definition) is 5. The summed E-state index contributed by atoms with van der Waals surface area (Å²) in [7, 11) is 0. The van der Waals surface area contributed by atoms with Gasteiger partial charge in [-0.3, -0.25) is 0 Å². The molecule has 0 aromatic heterocycles. The highest BCUT2D eigenvalue weighted by Crippen LogP contribution is 2.15. The number of benzene rings is 1. The molecule has 1 rings (SSSR count). The highest BCUT2D eigenvalue weighted by atomic mass is 17.2. The molecule has 12 heavy (non-hydrogen) atoms. The van der Waals surface area contributed by atoms with Crippen LogP contribution in [0.1, 0.15) is 11.9 Å². The summed E-state index contributed by atoms with van der Waals surface area (Å²) >= 11 is 0. The number of hydrogen-bond donors (Lipinski definition) is 4. The van der Waals surface area contributed by atoms with Gasteiger partial charge in [0.25, 0.3) is 0 Å². The predicted octanol–water partition coefficient (Wildman–Crippen LogP) is 0.486. The zero-order valence-electron chi connectivity index (χ0n) is 6.14. The molecule has 0 saturated heterocycles. The first-order valence-electron chi connectivity index (χ1n) is 3.26. The van der Waals surface area contributed by atoms with Gasteiger partial charge in [-0.2, -0.15) is 0 Å². The topological polar surface area (TPSA) is 82.0 Å². The predicted molar refractivity (Wildman–Crippen MR) is 41.0 cm³/mol. The average Bonchev–Trinajstić information content (AvgIpc) is 2.05. The first-order valence-corrected chi connectivity index (χ1v) is 3.26. The van der Waals surface area contributed by atoms with E-state index < -0.39 is 6.29 Å². The molecule has 0 heterocycles. The molecule has 4 N–H and O–H groups in total. The number of aliphatic hydroxyl groups is 2. The Morgan fingerprint density at radius 2 is 2.08 bits per heavy atom. The van der Waals surface area contributed by atoms with Crippen LogP contribution in [-0.2, 0) is 4.99 Å². The summed E-state index contributed by atoms with van der Waals surface area (Å²) in [5.41, 5.74) is 2.89. The van der Waals surface area contributed by atoms with Gasteiger partial charge in [-0.1, -0.05) is 12.1 Å². The van der Waals surface area contributed by atoms with Gasteiger partial charge in [0.1, 0.15) is 0 Å². The van der Waals surface area contributed by atoms with Crippen molar-refractivity contribution in [3.63, 3.8) is 0 Å². The van der Waals surface area contributed by atoms with Gasteiger partial charge in [-0.25, -0.2) is 10.7 Å². The zero-order chi connectivity index (χ0) is 8.97. The lowest BCUT2D eigenvalue weighted by Crippen LogP contribution is -1.99. The molecule has 0 aliphatic carbocycles. The van der Waals surface area contributed by atoms with Crippen molar-refractivity contribution in [1.82, 2.24) is 0 Å². The van der Waals surface area contributed by atoms with Gasteiger partial charge in [0.2, 0.25) is 0 Å². The Morgan fingerprint density at radius 3 is 2.67 bits per heavy atom. The molecule has 0 amide bonds. The van der Waals surface area contributed by atoms with E-state index in [1.54, 1.807) is 12.1 Å². The summed E-state index contributed by atoms with van der Waals surface area (Å²) in [5.74, 6) is 0. The third-order valence-corrected chi connectivity index (χ3v) is 1.35. The molecule has 66 valence electrons. The van der Waals surface area contributed by atoms with E-state index in [2.05, 4.69) is 10.5 Å². The van der Waals surface area contributed by atoms with Crippen LogP contribution in [0.15, 0.2) is 24.3 Å². The molecule has 0 saturated carbocycles. The van der Waals surface area contributed by atoms with Gasteiger partial charge in [0.15, 0.2) is 6.29 Å². The fourth-order valence-corrected chi connectivity index (χ4v) is 0.815. The lowest BCUT2D eigenvalue weighted by Gasteiger charge is -2.05. The summed E-state index contributed by atoms with van der Waals surface area (Å²) < 4.78 is 0. The highest BCUT2D eigenvalue weighted by Gasteiger charge is 2.02. The normalized spacial score (nSPS) is 10.3. The number of nitrogens with one attached hydrogen (secondary N) is 1. The van der Waals surface area contributed by atoms with Gasteiger partial charge in [-0.15, -0.1) is 4.99 Å². The van der Waals surface area contributed by atoms with Crippen LogP contribution in [0.3, 0.4) is 0 Å². The Labute approximate surface area is 68.7 Å².